The zero-order chi connectivity index (χ0) is 16.0. The van der Waals surface area contributed by atoms with Crippen LogP contribution in [0.1, 0.15) is 25.1 Å². The van der Waals surface area contributed by atoms with Crippen molar-refractivity contribution >= 4 is 11.3 Å². The van der Waals surface area contributed by atoms with Crippen LogP contribution in [0.5, 0.6) is 0 Å². The predicted molar refractivity (Wildman–Crippen MR) is 80.5 cm³/mol. The van der Waals surface area contributed by atoms with Crippen LogP contribution >= 0.6 is 11.3 Å². The van der Waals surface area contributed by atoms with Gasteiger partial charge in [0.05, 0.1) is 11.1 Å². The molecule has 8 heteroatoms. The highest BCUT2D eigenvalue weighted by Crippen LogP contribution is 2.38. The van der Waals surface area contributed by atoms with E-state index < -0.39 is 17.2 Å². The number of nitrogens with zero attached hydrogens (tertiary/aromatic N) is 3. The lowest BCUT2D eigenvalue weighted by Crippen LogP contribution is -2.44. The molecule has 2 heterocycles. The first-order valence-electron chi connectivity index (χ1n) is 7.10. The Morgan fingerprint density at radius 3 is 2.57 bits per heavy atom. The highest BCUT2D eigenvalue weighted by atomic mass is 32.1. The van der Waals surface area contributed by atoms with E-state index in [1.54, 1.807) is 5.38 Å². The quantitative estimate of drug-likeness (QED) is 0.793. The number of hydrogen-bond donors (Lipinski definition) is 1. The molecule has 3 aromatic rings. The maximum absolute atomic E-state index is 13.8. The van der Waals surface area contributed by atoms with Gasteiger partial charge in [0, 0.05) is 5.38 Å². The molecule has 23 heavy (non-hydrogen) atoms. The molecule has 0 bridgehead atoms. The van der Waals surface area contributed by atoms with E-state index in [0.717, 1.165) is 30.6 Å². The first kappa shape index (κ1) is 14.4. The SMILES string of the molecule is NC1(c2noc(-c3csc(-c4c(F)cccc4F)n3)n2)CCC1. The van der Waals surface area contributed by atoms with Crippen molar-refractivity contribution < 1.29 is 13.3 Å². The third kappa shape index (κ3) is 2.34. The van der Waals surface area contributed by atoms with E-state index in [4.69, 9.17) is 10.3 Å². The average Bonchev–Trinajstić information content (AvgIpc) is 3.13. The number of rotatable bonds is 3. The molecular formula is C15H12F2N4OS. The molecule has 2 N–H and O–H groups in total. The summed E-state index contributed by atoms with van der Waals surface area (Å²) in [6.45, 7) is 0. The largest absolute Gasteiger partial charge is 0.332 e. The third-order valence-corrected chi connectivity index (χ3v) is 4.88. The van der Waals surface area contributed by atoms with Crippen molar-refractivity contribution in [2.24, 2.45) is 5.73 Å². The summed E-state index contributed by atoms with van der Waals surface area (Å²) in [7, 11) is 0. The zero-order valence-electron chi connectivity index (χ0n) is 11.9. The van der Waals surface area contributed by atoms with Gasteiger partial charge in [-0.3, -0.25) is 0 Å². The lowest BCUT2D eigenvalue weighted by Gasteiger charge is -2.34. The molecule has 1 fully saturated rings. The Morgan fingerprint density at radius 2 is 1.91 bits per heavy atom. The molecule has 0 atom stereocenters. The van der Waals surface area contributed by atoms with Crippen LogP contribution in [0.4, 0.5) is 8.78 Å². The summed E-state index contributed by atoms with van der Waals surface area (Å²) < 4.78 is 32.8. The Morgan fingerprint density at radius 1 is 1.17 bits per heavy atom. The lowest BCUT2D eigenvalue weighted by atomic mass is 9.77. The summed E-state index contributed by atoms with van der Waals surface area (Å²) in [5.74, 6) is -0.665. The summed E-state index contributed by atoms with van der Waals surface area (Å²) in [5.41, 5.74) is 5.85. The molecular weight excluding hydrogens is 322 g/mol. The highest BCUT2D eigenvalue weighted by molar-refractivity contribution is 7.13. The zero-order valence-corrected chi connectivity index (χ0v) is 12.7. The van der Waals surface area contributed by atoms with Gasteiger partial charge in [-0.15, -0.1) is 11.3 Å². The van der Waals surface area contributed by atoms with Gasteiger partial charge in [0.1, 0.15) is 22.3 Å². The van der Waals surface area contributed by atoms with E-state index in [-0.39, 0.29) is 16.5 Å². The Balaban J connectivity index is 1.69. The molecule has 0 aliphatic heterocycles. The van der Waals surface area contributed by atoms with Crippen molar-refractivity contribution in [2.45, 2.75) is 24.8 Å². The molecule has 1 aliphatic rings. The van der Waals surface area contributed by atoms with E-state index in [1.807, 2.05) is 0 Å². The van der Waals surface area contributed by atoms with Crippen LogP contribution in [-0.4, -0.2) is 15.1 Å². The molecule has 118 valence electrons. The fraction of sp³-hybridized carbons (Fsp3) is 0.267. The molecule has 0 spiro atoms. The molecule has 1 aromatic carbocycles. The van der Waals surface area contributed by atoms with Crippen LogP contribution < -0.4 is 5.73 Å². The number of halogens is 2. The minimum absolute atomic E-state index is 0.155. The summed E-state index contributed by atoms with van der Waals surface area (Å²) in [6.07, 6.45) is 2.66. The molecule has 1 saturated carbocycles. The van der Waals surface area contributed by atoms with Crippen LogP contribution in [0.15, 0.2) is 28.1 Å². The van der Waals surface area contributed by atoms with Crippen molar-refractivity contribution in [3.8, 4) is 22.2 Å². The van der Waals surface area contributed by atoms with E-state index in [1.165, 1.54) is 18.2 Å². The fourth-order valence-corrected chi connectivity index (χ4v) is 3.34. The topological polar surface area (TPSA) is 77.8 Å². The van der Waals surface area contributed by atoms with Gasteiger partial charge >= 0.3 is 0 Å². The van der Waals surface area contributed by atoms with Crippen molar-refractivity contribution in [3.05, 3.63) is 41.0 Å². The predicted octanol–water partition coefficient (Wildman–Crippen LogP) is 3.48. The van der Waals surface area contributed by atoms with Crippen molar-refractivity contribution in [3.63, 3.8) is 0 Å². The van der Waals surface area contributed by atoms with Gasteiger partial charge in [0.2, 0.25) is 0 Å². The lowest BCUT2D eigenvalue weighted by molar-refractivity contribution is 0.229. The van der Waals surface area contributed by atoms with Crippen LogP contribution in [0.25, 0.3) is 22.2 Å². The molecule has 0 unspecified atom stereocenters. The summed E-state index contributed by atoms with van der Waals surface area (Å²) in [4.78, 5) is 8.49. The van der Waals surface area contributed by atoms with Crippen LogP contribution in [-0.2, 0) is 5.54 Å². The van der Waals surface area contributed by atoms with Gasteiger partial charge in [-0.05, 0) is 31.4 Å². The number of thiazole rings is 1. The minimum atomic E-state index is -0.660. The maximum Gasteiger partial charge on any atom is 0.277 e. The van der Waals surface area contributed by atoms with Crippen LogP contribution in [0.2, 0.25) is 0 Å². The van der Waals surface area contributed by atoms with E-state index in [9.17, 15) is 8.78 Å². The minimum Gasteiger partial charge on any atom is -0.332 e. The number of hydrogen-bond acceptors (Lipinski definition) is 6. The van der Waals surface area contributed by atoms with Crippen molar-refractivity contribution in [2.75, 3.05) is 0 Å². The van der Waals surface area contributed by atoms with Gasteiger partial charge < -0.3 is 10.3 Å². The first-order valence-corrected chi connectivity index (χ1v) is 7.98. The number of benzene rings is 1. The first-order chi connectivity index (χ1) is 11.1. The summed E-state index contributed by atoms with van der Waals surface area (Å²) in [5, 5.41) is 5.76. The van der Waals surface area contributed by atoms with Gasteiger partial charge in [0.25, 0.3) is 5.89 Å². The third-order valence-electron chi connectivity index (χ3n) is 4.02. The maximum atomic E-state index is 13.8. The van der Waals surface area contributed by atoms with Gasteiger partial charge in [-0.2, -0.15) is 4.98 Å². The molecule has 0 radical (unpaired) electrons. The number of aromatic nitrogens is 3. The van der Waals surface area contributed by atoms with Crippen LogP contribution in [0.3, 0.4) is 0 Å². The summed E-state index contributed by atoms with van der Waals surface area (Å²) >= 11 is 1.11. The van der Waals surface area contributed by atoms with E-state index in [0.29, 0.717) is 11.5 Å². The van der Waals surface area contributed by atoms with E-state index >= 15 is 0 Å². The molecule has 2 aromatic heterocycles. The van der Waals surface area contributed by atoms with Crippen molar-refractivity contribution in [1.29, 1.82) is 0 Å². The van der Waals surface area contributed by atoms with E-state index in [2.05, 4.69) is 15.1 Å². The van der Waals surface area contributed by atoms with Crippen molar-refractivity contribution in [1.82, 2.24) is 15.1 Å². The Hall–Kier alpha value is -2.19. The standard InChI is InChI=1S/C15H12F2N4OS/c16-8-3-1-4-9(17)11(8)13-19-10(7-23-13)12-20-14(21-22-12)15(18)5-2-6-15/h1,3-4,7H,2,5-6,18H2. The van der Waals surface area contributed by atoms with Crippen LogP contribution in [0, 0.1) is 11.6 Å². The van der Waals surface area contributed by atoms with Gasteiger partial charge in [-0.25, -0.2) is 13.8 Å². The Kier molecular flexibility index (Phi) is 3.24. The smallest absolute Gasteiger partial charge is 0.277 e. The average molecular weight is 334 g/mol. The molecule has 1 aliphatic carbocycles. The second kappa shape index (κ2) is 5.17. The second-order valence-corrected chi connectivity index (χ2v) is 6.43. The molecule has 5 nitrogen and oxygen atoms in total. The number of nitrogens with two attached hydrogens (primary N) is 1. The van der Waals surface area contributed by atoms with Gasteiger partial charge in [0.15, 0.2) is 5.82 Å². The normalized spacial score (nSPS) is 16.3. The molecule has 4 rings (SSSR count). The monoisotopic (exact) mass is 334 g/mol. The Labute approximate surface area is 134 Å². The Bertz CT molecular complexity index is 852. The molecule has 0 saturated heterocycles. The van der Waals surface area contributed by atoms with Gasteiger partial charge in [-0.1, -0.05) is 11.2 Å². The molecule has 0 amide bonds. The second-order valence-electron chi connectivity index (χ2n) is 5.57. The highest BCUT2D eigenvalue weighted by Gasteiger charge is 2.39. The fourth-order valence-electron chi connectivity index (χ4n) is 2.50. The summed E-state index contributed by atoms with van der Waals surface area (Å²) in [6, 6.07) is 3.70.